The number of aromatic nitrogens is 2. The molecule has 84 valence electrons. The summed E-state index contributed by atoms with van der Waals surface area (Å²) in [7, 11) is 0. The third-order valence-electron chi connectivity index (χ3n) is 2.33. The van der Waals surface area contributed by atoms with Gasteiger partial charge in [-0.25, -0.2) is 9.78 Å². The number of rotatable bonds is 2. The molecule has 2 rings (SSSR count). The first-order valence-corrected chi connectivity index (χ1v) is 4.78. The minimum atomic E-state index is -1.09. The van der Waals surface area contributed by atoms with E-state index in [1.165, 1.54) is 0 Å². The summed E-state index contributed by atoms with van der Waals surface area (Å²) in [5.74, 6) is -0.217. The lowest BCUT2D eigenvalue weighted by atomic mass is 10.3. The number of hydrogen-bond donors (Lipinski definition) is 3. The molecule has 1 atom stereocenters. The van der Waals surface area contributed by atoms with Crippen LogP contribution in [-0.4, -0.2) is 20.5 Å². The van der Waals surface area contributed by atoms with Gasteiger partial charge < -0.3 is 16.6 Å². The largest absolute Gasteiger partial charge is 0.476 e. The van der Waals surface area contributed by atoms with E-state index in [1.807, 2.05) is 0 Å². The van der Waals surface area contributed by atoms with Gasteiger partial charge in [-0.3, -0.25) is 4.40 Å². The van der Waals surface area contributed by atoms with E-state index in [1.54, 1.807) is 29.5 Å². The lowest BCUT2D eigenvalue weighted by Crippen LogP contribution is -2.11. The molecule has 6 heteroatoms. The van der Waals surface area contributed by atoms with E-state index in [9.17, 15) is 4.79 Å². The van der Waals surface area contributed by atoms with Crippen molar-refractivity contribution in [1.82, 2.24) is 9.38 Å². The van der Waals surface area contributed by atoms with Crippen molar-refractivity contribution in [3.05, 3.63) is 29.7 Å². The molecule has 2 heterocycles. The van der Waals surface area contributed by atoms with E-state index in [2.05, 4.69) is 4.98 Å². The summed E-state index contributed by atoms with van der Waals surface area (Å²) in [4.78, 5) is 15.0. The zero-order valence-electron chi connectivity index (χ0n) is 8.71. The fourth-order valence-corrected chi connectivity index (χ4v) is 1.65. The fourth-order valence-electron chi connectivity index (χ4n) is 1.65. The zero-order valence-corrected chi connectivity index (χ0v) is 8.71. The van der Waals surface area contributed by atoms with Crippen LogP contribution < -0.4 is 11.5 Å². The van der Waals surface area contributed by atoms with Gasteiger partial charge in [0.25, 0.3) is 0 Å². The molecule has 0 aliphatic rings. The summed E-state index contributed by atoms with van der Waals surface area (Å²) >= 11 is 0. The van der Waals surface area contributed by atoms with Crippen molar-refractivity contribution in [3.63, 3.8) is 0 Å². The Kier molecular flexibility index (Phi) is 2.28. The van der Waals surface area contributed by atoms with Crippen molar-refractivity contribution in [1.29, 1.82) is 0 Å². The highest BCUT2D eigenvalue weighted by atomic mass is 16.4. The van der Waals surface area contributed by atoms with Gasteiger partial charge in [0.1, 0.15) is 11.6 Å². The topological polar surface area (TPSA) is 107 Å². The number of fused-ring (bicyclic) bond motifs is 1. The molecule has 6 nitrogen and oxygen atoms in total. The van der Waals surface area contributed by atoms with Crippen LogP contribution in [0.1, 0.15) is 29.3 Å². The second kappa shape index (κ2) is 3.49. The van der Waals surface area contributed by atoms with E-state index in [-0.39, 0.29) is 11.7 Å². The zero-order chi connectivity index (χ0) is 11.9. The number of hydrogen-bond acceptors (Lipinski definition) is 4. The average molecular weight is 220 g/mol. The molecule has 0 saturated heterocycles. The number of anilines is 1. The fraction of sp³-hybridized carbons (Fsp3) is 0.200. The van der Waals surface area contributed by atoms with Crippen LogP contribution in [0.2, 0.25) is 0 Å². The van der Waals surface area contributed by atoms with Gasteiger partial charge in [0.05, 0.1) is 11.6 Å². The highest BCUT2D eigenvalue weighted by molar-refractivity contribution is 5.94. The Hall–Kier alpha value is -2.08. The molecule has 2 aromatic rings. The van der Waals surface area contributed by atoms with E-state index >= 15 is 0 Å². The van der Waals surface area contributed by atoms with Gasteiger partial charge in [0.15, 0.2) is 5.69 Å². The molecule has 0 spiro atoms. The third-order valence-corrected chi connectivity index (χ3v) is 2.33. The monoisotopic (exact) mass is 220 g/mol. The van der Waals surface area contributed by atoms with Crippen molar-refractivity contribution < 1.29 is 9.90 Å². The molecule has 0 saturated carbocycles. The van der Waals surface area contributed by atoms with Crippen molar-refractivity contribution >= 4 is 17.3 Å². The molecule has 0 amide bonds. The molecule has 0 fully saturated rings. The molecule has 0 aliphatic heterocycles. The maximum absolute atomic E-state index is 11.0. The SMILES string of the molecule is CC(N)c1nc(C(=O)O)c2cccc(N)n12. The van der Waals surface area contributed by atoms with Crippen LogP contribution in [0.15, 0.2) is 18.2 Å². The smallest absolute Gasteiger partial charge is 0.356 e. The van der Waals surface area contributed by atoms with Crippen LogP contribution in [0, 0.1) is 0 Å². The summed E-state index contributed by atoms with van der Waals surface area (Å²) < 4.78 is 1.56. The van der Waals surface area contributed by atoms with Gasteiger partial charge >= 0.3 is 5.97 Å². The van der Waals surface area contributed by atoms with Crippen LogP contribution in [0.25, 0.3) is 5.52 Å². The summed E-state index contributed by atoms with van der Waals surface area (Å²) in [6, 6.07) is 4.62. The van der Waals surface area contributed by atoms with E-state index in [0.717, 1.165) is 0 Å². The first-order chi connectivity index (χ1) is 7.52. The number of aromatic carboxylic acids is 1. The highest BCUT2D eigenvalue weighted by Gasteiger charge is 2.19. The van der Waals surface area contributed by atoms with Crippen LogP contribution in [0.3, 0.4) is 0 Å². The van der Waals surface area contributed by atoms with Gasteiger partial charge in [-0.05, 0) is 19.1 Å². The van der Waals surface area contributed by atoms with Crippen molar-refractivity contribution in [2.45, 2.75) is 13.0 Å². The van der Waals surface area contributed by atoms with Gasteiger partial charge in [0.2, 0.25) is 0 Å². The molecular weight excluding hydrogens is 208 g/mol. The Labute approximate surface area is 91.5 Å². The Morgan fingerprint density at radius 2 is 2.25 bits per heavy atom. The van der Waals surface area contributed by atoms with Crippen LogP contribution in [-0.2, 0) is 0 Å². The van der Waals surface area contributed by atoms with E-state index in [0.29, 0.717) is 17.2 Å². The molecule has 16 heavy (non-hydrogen) atoms. The summed E-state index contributed by atoms with van der Waals surface area (Å²) in [6.45, 7) is 1.73. The second-order valence-corrected chi connectivity index (χ2v) is 3.58. The van der Waals surface area contributed by atoms with Crippen molar-refractivity contribution in [3.8, 4) is 0 Å². The highest BCUT2D eigenvalue weighted by Crippen LogP contribution is 2.20. The molecule has 0 bridgehead atoms. The Morgan fingerprint density at radius 3 is 2.81 bits per heavy atom. The number of carboxylic acids is 1. The number of pyridine rings is 1. The molecule has 2 aromatic heterocycles. The number of carbonyl (C=O) groups is 1. The minimum Gasteiger partial charge on any atom is -0.476 e. The van der Waals surface area contributed by atoms with Gasteiger partial charge in [0, 0.05) is 0 Å². The van der Waals surface area contributed by atoms with Gasteiger partial charge in [-0.1, -0.05) is 6.07 Å². The molecule has 0 radical (unpaired) electrons. The molecule has 5 N–H and O–H groups in total. The molecular formula is C10H12N4O2. The van der Waals surface area contributed by atoms with Crippen LogP contribution in [0.5, 0.6) is 0 Å². The first-order valence-electron chi connectivity index (χ1n) is 4.78. The van der Waals surface area contributed by atoms with Gasteiger partial charge in [-0.2, -0.15) is 0 Å². The third kappa shape index (κ3) is 1.40. The predicted molar refractivity (Wildman–Crippen MR) is 59.2 cm³/mol. The Balaban J connectivity index is 2.87. The lowest BCUT2D eigenvalue weighted by molar-refractivity contribution is 0.0693. The maximum atomic E-state index is 11.0. The maximum Gasteiger partial charge on any atom is 0.356 e. The Morgan fingerprint density at radius 1 is 1.56 bits per heavy atom. The summed E-state index contributed by atoms with van der Waals surface area (Å²) in [5, 5.41) is 9.01. The Bertz CT molecular complexity index is 559. The predicted octanol–water partition coefficient (Wildman–Crippen LogP) is 0.634. The van der Waals surface area contributed by atoms with Crippen molar-refractivity contribution in [2.75, 3.05) is 5.73 Å². The quantitative estimate of drug-likeness (QED) is 0.688. The number of carboxylic acid groups (broad SMARTS) is 1. The minimum absolute atomic E-state index is 0.0281. The molecule has 0 aliphatic carbocycles. The normalized spacial score (nSPS) is 12.9. The van der Waals surface area contributed by atoms with Gasteiger partial charge in [-0.15, -0.1) is 0 Å². The van der Waals surface area contributed by atoms with Crippen molar-refractivity contribution in [2.24, 2.45) is 5.73 Å². The van der Waals surface area contributed by atoms with Crippen LogP contribution in [0.4, 0.5) is 5.82 Å². The lowest BCUT2D eigenvalue weighted by Gasteiger charge is -2.06. The number of nitrogen functional groups attached to an aromatic ring is 1. The first kappa shape index (κ1) is 10.4. The molecule has 0 aromatic carbocycles. The number of nitrogens with two attached hydrogens (primary N) is 2. The summed E-state index contributed by atoms with van der Waals surface area (Å²) in [6.07, 6.45) is 0. The second-order valence-electron chi connectivity index (χ2n) is 3.58. The molecule has 1 unspecified atom stereocenters. The number of nitrogens with zero attached hydrogens (tertiary/aromatic N) is 2. The number of imidazole rings is 1. The average Bonchev–Trinajstić information content (AvgIpc) is 2.58. The van der Waals surface area contributed by atoms with E-state index < -0.39 is 5.97 Å². The van der Waals surface area contributed by atoms with Crippen LogP contribution >= 0.6 is 0 Å². The standard InChI is InChI=1S/C10H12N4O2/c1-5(11)9-13-8(10(15)16)6-3-2-4-7(12)14(6)9/h2-5H,11-12H2,1H3,(H,15,16). The van der Waals surface area contributed by atoms with E-state index in [4.69, 9.17) is 16.6 Å². The summed E-state index contributed by atoms with van der Waals surface area (Å²) in [5.41, 5.74) is 11.9.